The fraction of sp³-hybridized carbons (Fsp3) is 0.125. The number of amides is 1. The van der Waals surface area contributed by atoms with Gasteiger partial charge in [-0.25, -0.2) is 0 Å². The maximum atomic E-state index is 11.2. The second kappa shape index (κ2) is 3.58. The van der Waals surface area contributed by atoms with Crippen molar-refractivity contribution in [2.45, 2.75) is 0 Å². The molecule has 0 saturated carbocycles. The monoisotopic (exact) mass is 228 g/mol. The molecular formula is C8H9BrN2O. The molecule has 0 fully saturated rings. The Kier molecular flexibility index (Phi) is 2.70. The summed E-state index contributed by atoms with van der Waals surface area (Å²) in [6, 6.07) is 0. The molecule has 0 aromatic heterocycles. The van der Waals surface area contributed by atoms with Crippen molar-refractivity contribution < 1.29 is 4.79 Å². The van der Waals surface area contributed by atoms with Gasteiger partial charge in [-0.15, -0.1) is 0 Å². The van der Waals surface area contributed by atoms with E-state index >= 15 is 0 Å². The number of allylic oxidation sites excluding steroid dienone is 2. The van der Waals surface area contributed by atoms with Gasteiger partial charge >= 0.3 is 0 Å². The fourth-order valence-corrected chi connectivity index (χ4v) is 1.18. The van der Waals surface area contributed by atoms with Crippen molar-refractivity contribution in [3.63, 3.8) is 0 Å². The Labute approximate surface area is 79.3 Å². The topological polar surface area (TPSA) is 41.1 Å². The van der Waals surface area contributed by atoms with Crippen LogP contribution in [0.3, 0.4) is 0 Å². The van der Waals surface area contributed by atoms with Gasteiger partial charge in [0.15, 0.2) is 0 Å². The molecule has 2 N–H and O–H groups in total. The number of carbonyl (C=O) groups excluding carboxylic acids is 1. The van der Waals surface area contributed by atoms with Crippen molar-refractivity contribution in [2.24, 2.45) is 0 Å². The Hall–Kier alpha value is -1.03. The van der Waals surface area contributed by atoms with Gasteiger partial charge in [-0.3, -0.25) is 4.79 Å². The van der Waals surface area contributed by atoms with E-state index in [2.05, 4.69) is 33.1 Å². The zero-order chi connectivity index (χ0) is 9.14. The summed E-state index contributed by atoms with van der Waals surface area (Å²) in [6.07, 6.45) is 3.45. The van der Waals surface area contributed by atoms with Crippen molar-refractivity contribution in [3.05, 3.63) is 34.6 Å². The largest absolute Gasteiger partial charge is 0.360 e. The molecule has 0 atom stereocenters. The Morgan fingerprint density at radius 1 is 1.75 bits per heavy atom. The smallest absolute Gasteiger partial charge is 0.253 e. The number of carbonyl (C=O) groups is 1. The van der Waals surface area contributed by atoms with E-state index in [1.807, 2.05) is 0 Å². The first-order valence-corrected chi connectivity index (χ1v) is 4.19. The van der Waals surface area contributed by atoms with Crippen LogP contribution in [0.25, 0.3) is 0 Å². The third kappa shape index (κ3) is 1.76. The first kappa shape index (κ1) is 9.06. The van der Waals surface area contributed by atoms with E-state index in [4.69, 9.17) is 0 Å². The summed E-state index contributed by atoms with van der Waals surface area (Å²) in [4.78, 5) is 11.2. The number of dihydropyridines is 1. The van der Waals surface area contributed by atoms with Gasteiger partial charge in [0.2, 0.25) is 0 Å². The lowest BCUT2D eigenvalue weighted by Crippen LogP contribution is -2.25. The summed E-state index contributed by atoms with van der Waals surface area (Å²) in [6.45, 7) is 3.69. The summed E-state index contributed by atoms with van der Waals surface area (Å²) in [5.74, 6) is -0.141. The highest BCUT2D eigenvalue weighted by Gasteiger charge is 2.13. The van der Waals surface area contributed by atoms with Crippen LogP contribution in [0.1, 0.15) is 0 Å². The molecule has 0 spiro atoms. The maximum absolute atomic E-state index is 11.2. The minimum Gasteiger partial charge on any atom is -0.360 e. The second-order valence-electron chi connectivity index (χ2n) is 2.29. The normalized spacial score (nSPS) is 16.0. The molecule has 1 aliphatic rings. The SMILES string of the molecule is C=C1NC=C(Br)C=C1C(=O)NC. The Morgan fingerprint density at radius 2 is 2.42 bits per heavy atom. The third-order valence-corrected chi connectivity index (χ3v) is 1.92. The highest BCUT2D eigenvalue weighted by Crippen LogP contribution is 2.18. The van der Waals surface area contributed by atoms with Crippen LogP contribution in [0.4, 0.5) is 0 Å². The van der Waals surface area contributed by atoms with Crippen LogP contribution in [0, 0.1) is 0 Å². The van der Waals surface area contributed by atoms with E-state index in [-0.39, 0.29) is 5.91 Å². The first-order chi connectivity index (χ1) is 5.65. The van der Waals surface area contributed by atoms with Crippen LogP contribution in [0.15, 0.2) is 34.6 Å². The molecule has 0 aliphatic carbocycles. The Bertz CT molecular complexity index is 291. The minimum atomic E-state index is -0.141. The molecular weight excluding hydrogens is 220 g/mol. The number of likely N-dealkylation sites (N-methyl/N-ethyl adjacent to an activating group) is 1. The number of hydrogen-bond acceptors (Lipinski definition) is 2. The van der Waals surface area contributed by atoms with Gasteiger partial charge in [0, 0.05) is 23.4 Å². The molecule has 1 rings (SSSR count). The van der Waals surface area contributed by atoms with E-state index in [1.165, 1.54) is 0 Å². The summed E-state index contributed by atoms with van der Waals surface area (Å²) >= 11 is 3.25. The van der Waals surface area contributed by atoms with Gasteiger partial charge in [-0.05, 0) is 22.0 Å². The number of halogens is 1. The van der Waals surface area contributed by atoms with Crippen molar-refractivity contribution in [3.8, 4) is 0 Å². The summed E-state index contributed by atoms with van der Waals surface area (Å²) in [5.41, 5.74) is 1.16. The molecule has 0 aromatic rings. The molecule has 1 amide bonds. The lowest BCUT2D eigenvalue weighted by molar-refractivity contribution is -0.116. The van der Waals surface area contributed by atoms with Crippen molar-refractivity contribution in [2.75, 3.05) is 7.05 Å². The number of rotatable bonds is 1. The predicted molar refractivity (Wildman–Crippen MR) is 51.4 cm³/mol. The molecule has 4 heteroatoms. The first-order valence-electron chi connectivity index (χ1n) is 3.40. The molecule has 1 heterocycles. The molecule has 0 bridgehead atoms. The van der Waals surface area contributed by atoms with Crippen LogP contribution in [0.5, 0.6) is 0 Å². The van der Waals surface area contributed by atoms with Crippen LogP contribution >= 0.6 is 15.9 Å². The fourth-order valence-electron chi connectivity index (χ4n) is 0.838. The van der Waals surface area contributed by atoms with Gasteiger partial charge in [0.1, 0.15) is 0 Å². The number of hydrogen-bond donors (Lipinski definition) is 2. The molecule has 3 nitrogen and oxygen atoms in total. The molecule has 12 heavy (non-hydrogen) atoms. The predicted octanol–water partition coefficient (Wildman–Crippen LogP) is 1.01. The van der Waals surface area contributed by atoms with Crippen molar-refractivity contribution in [1.82, 2.24) is 10.6 Å². The molecule has 1 aliphatic heterocycles. The molecule has 0 radical (unpaired) electrons. The summed E-state index contributed by atoms with van der Waals surface area (Å²) < 4.78 is 0.827. The maximum Gasteiger partial charge on any atom is 0.253 e. The molecule has 0 saturated heterocycles. The second-order valence-corrected chi connectivity index (χ2v) is 3.20. The van der Waals surface area contributed by atoms with E-state index in [9.17, 15) is 4.79 Å². The van der Waals surface area contributed by atoms with E-state index in [0.717, 1.165) is 4.48 Å². The van der Waals surface area contributed by atoms with Gasteiger partial charge in [0.05, 0.1) is 5.57 Å². The number of nitrogens with one attached hydrogen (secondary N) is 2. The highest BCUT2D eigenvalue weighted by molar-refractivity contribution is 9.11. The molecule has 0 unspecified atom stereocenters. The third-order valence-electron chi connectivity index (χ3n) is 1.46. The molecule has 0 aromatic carbocycles. The summed E-state index contributed by atoms with van der Waals surface area (Å²) in [5, 5.41) is 5.39. The van der Waals surface area contributed by atoms with Crippen molar-refractivity contribution in [1.29, 1.82) is 0 Å². The van der Waals surface area contributed by atoms with E-state index in [0.29, 0.717) is 11.3 Å². The average Bonchev–Trinajstić information content (AvgIpc) is 2.08. The van der Waals surface area contributed by atoms with Crippen LogP contribution in [-0.4, -0.2) is 13.0 Å². The van der Waals surface area contributed by atoms with E-state index in [1.54, 1.807) is 19.3 Å². The van der Waals surface area contributed by atoms with Crippen LogP contribution in [0.2, 0.25) is 0 Å². The van der Waals surface area contributed by atoms with Gasteiger partial charge in [0.25, 0.3) is 5.91 Å². The quantitative estimate of drug-likeness (QED) is 0.704. The standard InChI is InChI=1S/C8H9BrN2O/c1-5-7(8(12)10-2)3-6(9)4-11-5/h3-4,11H,1H2,2H3,(H,10,12). The Morgan fingerprint density at radius 3 is 3.00 bits per heavy atom. The minimum absolute atomic E-state index is 0.141. The van der Waals surface area contributed by atoms with E-state index < -0.39 is 0 Å². The zero-order valence-electron chi connectivity index (χ0n) is 6.65. The zero-order valence-corrected chi connectivity index (χ0v) is 8.23. The lowest BCUT2D eigenvalue weighted by atomic mass is 10.1. The molecule has 64 valence electrons. The average molecular weight is 229 g/mol. The van der Waals surface area contributed by atoms with Crippen LogP contribution < -0.4 is 10.6 Å². The lowest BCUT2D eigenvalue weighted by Gasteiger charge is -2.13. The van der Waals surface area contributed by atoms with Gasteiger partial charge in [-0.2, -0.15) is 0 Å². The highest BCUT2D eigenvalue weighted by atomic mass is 79.9. The van der Waals surface area contributed by atoms with Crippen molar-refractivity contribution >= 4 is 21.8 Å². The Balaban J connectivity index is 2.93. The van der Waals surface area contributed by atoms with Gasteiger partial charge < -0.3 is 10.6 Å². The van der Waals surface area contributed by atoms with Gasteiger partial charge in [-0.1, -0.05) is 6.58 Å². The van der Waals surface area contributed by atoms with Crippen LogP contribution in [-0.2, 0) is 4.79 Å². The summed E-state index contributed by atoms with van der Waals surface area (Å²) in [7, 11) is 1.59.